The Balaban J connectivity index is 0.00000288. The summed E-state index contributed by atoms with van der Waals surface area (Å²) in [6.07, 6.45) is 3.49. The number of benzene rings is 1. The summed E-state index contributed by atoms with van der Waals surface area (Å²) in [5.41, 5.74) is 1.79. The molecular formula is C16H23ClN4O3. The highest BCUT2D eigenvalue weighted by Crippen LogP contribution is 2.14. The highest BCUT2D eigenvalue weighted by molar-refractivity contribution is 5.85. The van der Waals surface area contributed by atoms with E-state index in [1.807, 2.05) is 37.5 Å². The first kappa shape index (κ1) is 20.0. The molecule has 0 bridgehead atoms. The van der Waals surface area contributed by atoms with Crippen LogP contribution in [0.4, 0.5) is 0 Å². The highest BCUT2D eigenvalue weighted by atomic mass is 35.5. The molecule has 0 aliphatic carbocycles. The molecule has 1 amide bonds. The number of amides is 1. The van der Waals surface area contributed by atoms with Gasteiger partial charge in [0, 0.05) is 25.4 Å². The summed E-state index contributed by atoms with van der Waals surface area (Å²) in [7, 11) is 3.55. The van der Waals surface area contributed by atoms with E-state index in [1.54, 1.807) is 17.9 Å². The van der Waals surface area contributed by atoms with Crippen LogP contribution in [0.1, 0.15) is 17.2 Å². The SMILES string of the molecule is CNC(C(=O)NCc1ccc(OCCO)cc1)c1cnn(C)c1.Cl. The van der Waals surface area contributed by atoms with Gasteiger partial charge in [-0.3, -0.25) is 9.48 Å². The van der Waals surface area contributed by atoms with Crippen molar-refractivity contribution in [1.82, 2.24) is 20.4 Å². The van der Waals surface area contributed by atoms with Gasteiger partial charge in [0.2, 0.25) is 5.91 Å². The van der Waals surface area contributed by atoms with Gasteiger partial charge >= 0.3 is 0 Å². The lowest BCUT2D eigenvalue weighted by Gasteiger charge is -2.14. The van der Waals surface area contributed by atoms with Crippen molar-refractivity contribution < 1.29 is 14.6 Å². The number of nitrogens with one attached hydrogen (secondary N) is 2. The lowest BCUT2D eigenvalue weighted by atomic mass is 10.1. The van der Waals surface area contributed by atoms with Crippen molar-refractivity contribution in [3.05, 3.63) is 47.8 Å². The fraction of sp³-hybridized carbons (Fsp3) is 0.375. The fourth-order valence-electron chi connectivity index (χ4n) is 2.20. The number of nitrogens with zero attached hydrogens (tertiary/aromatic N) is 2. The molecule has 1 atom stereocenters. The number of aliphatic hydroxyl groups excluding tert-OH is 1. The molecule has 1 unspecified atom stereocenters. The molecule has 1 aromatic heterocycles. The number of rotatable bonds is 8. The molecule has 0 fully saturated rings. The lowest BCUT2D eigenvalue weighted by molar-refractivity contribution is -0.123. The van der Waals surface area contributed by atoms with Crippen LogP contribution in [-0.2, 0) is 18.4 Å². The fourth-order valence-corrected chi connectivity index (χ4v) is 2.20. The summed E-state index contributed by atoms with van der Waals surface area (Å²) in [4.78, 5) is 12.3. The van der Waals surface area contributed by atoms with Crippen LogP contribution in [0.15, 0.2) is 36.7 Å². The molecule has 24 heavy (non-hydrogen) atoms. The standard InChI is InChI=1S/C16H22N4O3.ClH/c1-17-15(13-10-19-20(2)11-13)16(22)18-9-12-3-5-14(6-4-12)23-8-7-21;/h3-6,10-11,15,17,21H,7-9H2,1-2H3,(H,18,22);1H. The second-order valence-electron chi connectivity index (χ2n) is 5.10. The molecule has 0 radical (unpaired) electrons. The van der Waals surface area contributed by atoms with Crippen molar-refractivity contribution in [2.45, 2.75) is 12.6 Å². The van der Waals surface area contributed by atoms with E-state index in [-0.39, 0.29) is 31.5 Å². The van der Waals surface area contributed by atoms with Crippen molar-refractivity contribution in [2.75, 3.05) is 20.3 Å². The minimum Gasteiger partial charge on any atom is -0.491 e. The monoisotopic (exact) mass is 354 g/mol. The van der Waals surface area contributed by atoms with Gasteiger partial charge in [-0.15, -0.1) is 12.4 Å². The van der Waals surface area contributed by atoms with Crippen LogP contribution in [0.5, 0.6) is 5.75 Å². The van der Waals surface area contributed by atoms with Crippen LogP contribution in [0.25, 0.3) is 0 Å². The topological polar surface area (TPSA) is 88.4 Å². The van der Waals surface area contributed by atoms with E-state index in [0.717, 1.165) is 11.1 Å². The Hall–Kier alpha value is -2.09. The number of carbonyl (C=O) groups excluding carboxylic acids is 1. The molecule has 0 spiro atoms. The van der Waals surface area contributed by atoms with Crippen molar-refractivity contribution in [3.63, 3.8) is 0 Å². The second-order valence-corrected chi connectivity index (χ2v) is 5.10. The predicted octanol–water partition coefficient (Wildman–Crippen LogP) is 0.790. The first-order valence-electron chi connectivity index (χ1n) is 7.40. The number of aryl methyl sites for hydroxylation is 1. The van der Waals surface area contributed by atoms with E-state index >= 15 is 0 Å². The third-order valence-electron chi connectivity index (χ3n) is 3.36. The number of halogens is 1. The summed E-state index contributed by atoms with van der Waals surface area (Å²) in [6.45, 7) is 0.681. The molecule has 0 saturated carbocycles. The van der Waals surface area contributed by atoms with E-state index in [9.17, 15) is 4.79 Å². The third kappa shape index (κ3) is 5.52. The Morgan fingerprint density at radius 1 is 1.38 bits per heavy atom. The zero-order valence-electron chi connectivity index (χ0n) is 13.7. The molecule has 7 nitrogen and oxygen atoms in total. The van der Waals surface area contributed by atoms with Gasteiger partial charge in [-0.05, 0) is 24.7 Å². The van der Waals surface area contributed by atoms with Crippen LogP contribution in [0, 0.1) is 0 Å². The van der Waals surface area contributed by atoms with Gasteiger partial charge in [-0.1, -0.05) is 12.1 Å². The molecule has 1 heterocycles. The Morgan fingerprint density at radius 3 is 2.62 bits per heavy atom. The molecule has 132 valence electrons. The predicted molar refractivity (Wildman–Crippen MR) is 93.1 cm³/mol. The van der Waals surface area contributed by atoms with Crippen LogP contribution in [0.3, 0.4) is 0 Å². The zero-order valence-corrected chi connectivity index (χ0v) is 14.5. The van der Waals surface area contributed by atoms with Gasteiger partial charge in [0.1, 0.15) is 18.4 Å². The van der Waals surface area contributed by atoms with E-state index in [0.29, 0.717) is 12.3 Å². The van der Waals surface area contributed by atoms with Crippen molar-refractivity contribution in [2.24, 2.45) is 7.05 Å². The molecule has 8 heteroatoms. The number of likely N-dealkylation sites (N-methyl/N-ethyl adjacent to an activating group) is 1. The summed E-state index contributed by atoms with van der Waals surface area (Å²) in [6, 6.07) is 6.95. The van der Waals surface area contributed by atoms with Gasteiger partial charge in [-0.2, -0.15) is 5.10 Å². The van der Waals surface area contributed by atoms with Crippen LogP contribution in [0.2, 0.25) is 0 Å². The Labute approximate surface area is 147 Å². The maximum absolute atomic E-state index is 12.3. The summed E-state index contributed by atoms with van der Waals surface area (Å²) >= 11 is 0. The average molecular weight is 355 g/mol. The Bertz CT molecular complexity index is 631. The Morgan fingerprint density at radius 2 is 2.08 bits per heavy atom. The van der Waals surface area contributed by atoms with Crippen molar-refractivity contribution >= 4 is 18.3 Å². The van der Waals surface area contributed by atoms with Crippen LogP contribution in [-0.4, -0.2) is 41.1 Å². The van der Waals surface area contributed by atoms with E-state index in [1.165, 1.54) is 0 Å². The minimum atomic E-state index is -0.434. The maximum atomic E-state index is 12.3. The molecule has 0 aliphatic heterocycles. The summed E-state index contributed by atoms with van der Waals surface area (Å²) in [5.74, 6) is 0.582. The van der Waals surface area contributed by atoms with E-state index in [2.05, 4.69) is 15.7 Å². The number of aliphatic hydroxyl groups is 1. The number of ether oxygens (including phenoxy) is 1. The molecule has 0 saturated heterocycles. The quantitative estimate of drug-likeness (QED) is 0.652. The van der Waals surface area contributed by atoms with Crippen molar-refractivity contribution in [3.8, 4) is 5.75 Å². The molecule has 2 rings (SSSR count). The van der Waals surface area contributed by atoms with Gasteiger partial charge in [0.15, 0.2) is 0 Å². The second kappa shape index (κ2) is 9.92. The normalized spacial score (nSPS) is 11.5. The first-order valence-corrected chi connectivity index (χ1v) is 7.40. The largest absolute Gasteiger partial charge is 0.491 e. The molecule has 1 aromatic carbocycles. The van der Waals surface area contributed by atoms with E-state index < -0.39 is 6.04 Å². The molecule has 3 N–H and O–H groups in total. The Kier molecular flexibility index (Phi) is 8.25. The number of hydrogen-bond donors (Lipinski definition) is 3. The third-order valence-corrected chi connectivity index (χ3v) is 3.36. The molecular weight excluding hydrogens is 332 g/mol. The smallest absolute Gasteiger partial charge is 0.242 e. The lowest BCUT2D eigenvalue weighted by Crippen LogP contribution is -2.35. The van der Waals surface area contributed by atoms with Crippen LogP contribution < -0.4 is 15.4 Å². The van der Waals surface area contributed by atoms with E-state index in [4.69, 9.17) is 9.84 Å². The van der Waals surface area contributed by atoms with Gasteiger partial charge in [-0.25, -0.2) is 0 Å². The molecule has 0 aliphatic rings. The summed E-state index contributed by atoms with van der Waals surface area (Å²) < 4.78 is 6.96. The first-order chi connectivity index (χ1) is 11.1. The van der Waals surface area contributed by atoms with Crippen LogP contribution >= 0.6 is 12.4 Å². The number of aromatic nitrogens is 2. The maximum Gasteiger partial charge on any atom is 0.242 e. The van der Waals surface area contributed by atoms with Gasteiger partial charge < -0.3 is 20.5 Å². The number of carbonyl (C=O) groups is 1. The van der Waals surface area contributed by atoms with Gasteiger partial charge in [0.25, 0.3) is 0 Å². The van der Waals surface area contributed by atoms with Gasteiger partial charge in [0.05, 0.1) is 12.8 Å². The highest BCUT2D eigenvalue weighted by Gasteiger charge is 2.19. The zero-order chi connectivity index (χ0) is 16.7. The molecule has 2 aromatic rings. The average Bonchev–Trinajstić information content (AvgIpc) is 2.98. The minimum absolute atomic E-state index is 0. The number of hydrogen-bond acceptors (Lipinski definition) is 5. The van der Waals surface area contributed by atoms with Crippen molar-refractivity contribution in [1.29, 1.82) is 0 Å². The summed E-state index contributed by atoms with van der Waals surface area (Å²) in [5, 5.41) is 18.7.